The molecule has 32 heavy (non-hydrogen) atoms. The van der Waals surface area contributed by atoms with E-state index in [1.54, 1.807) is 0 Å². The highest BCUT2D eigenvalue weighted by atomic mass is 32.2. The molecular weight excluding hydrogens is 426 g/mol. The first-order valence-electron chi connectivity index (χ1n) is 12.5. The van der Waals surface area contributed by atoms with E-state index in [0.717, 1.165) is 74.9 Å². The predicted molar refractivity (Wildman–Crippen MR) is 128 cm³/mol. The van der Waals surface area contributed by atoms with Crippen LogP contribution in [0.2, 0.25) is 0 Å². The predicted octanol–water partition coefficient (Wildman–Crippen LogP) is 4.53. The summed E-state index contributed by atoms with van der Waals surface area (Å²) in [6, 6.07) is 0.269. The zero-order valence-corrected chi connectivity index (χ0v) is 20.6. The molecule has 2 N–H and O–H groups in total. The Morgan fingerprint density at radius 3 is 1.88 bits per heavy atom. The van der Waals surface area contributed by atoms with Crippen molar-refractivity contribution in [1.82, 2.24) is 15.5 Å². The molecule has 2 rings (SSSR count). The van der Waals surface area contributed by atoms with E-state index < -0.39 is 0 Å². The fourth-order valence-corrected chi connectivity index (χ4v) is 5.97. The molecule has 7 nitrogen and oxygen atoms in total. The minimum absolute atomic E-state index is 0.0917. The summed E-state index contributed by atoms with van der Waals surface area (Å²) in [6.45, 7) is 4.22. The molecular formula is C24H41N3O4S. The second-order valence-electron chi connectivity index (χ2n) is 9.01. The Hall–Kier alpha value is -1.57. The lowest BCUT2D eigenvalue weighted by molar-refractivity contribution is -0.154. The second-order valence-corrected chi connectivity index (χ2v) is 10.3. The number of fused-ring (bicyclic) bond motifs is 1. The van der Waals surface area contributed by atoms with Crippen molar-refractivity contribution in [2.24, 2.45) is 0 Å². The quantitative estimate of drug-likeness (QED) is 0.272. The van der Waals surface area contributed by atoms with E-state index >= 15 is 0 Å². The average Bonchev–Trinajstić information content (AvgIpc) is 3.31. The van der Waals surface area contributed by atoms with Crippen molar-refractivity contribution in [3.8, 4) is 0 Å². The monoisotopic (exact) mass is 467 g/mol. The molecule has 2 aliphatic heterocycles. The highest BCUT2D eigenvalue weighted by molar-refractivity contribution is 8.00. The molecule has 5 amide bonds. The molecule has 0 unspecified atom stereocenters. The van der Waals surface area contributed by atoms with Gasteiger partial charge in [-0.3, -0.25) is 14.4 Å². The molecule has 0 saturated carbocycles. The fourth-order valence-electron chi connectivity index (χ4n) is 4.42. The largest absolute Gasteiger partial charge is 0.332 e. The van der Waals surface area contributed by atoms with Crippen molar-refractivity contribution >= 4 is 35.5 Å². The van der Waals surface area contributed by atoms with Crippen molar-refractivity contribution in [2.45, 2.75) is 121 Å². The Labute approximate surface area is 197 Å². The van der Waals surface area contributed by atoms with E-state index in [9.17, 15) is 19.2 Å². The average molecular weight is 468 g/mol. The molecule has 0 aromatic heterocycles. The Balaban J connectivity index is 1.79. The van der Waals surface area contributed by atoms with Gasteiger partial charge in [0.1, 0.15) is 0 Å². The van der Waals surface area contributed by atoms with Crippen molar-refractivity contribution in [2.75, 3.05) is 5.75 Å². The minimum Gasteiger partial charge on any atom is -0.332 e. The maximum Gasteiger partial charge on any atom is 0.315 e. The standard InChI is InChI=1S/C24H41N3O4S/c1-3-5-7-9-14-20(28)27(21(29)15-10-8-6-4-2)22(30)16-12-11-13-19-23-18(17-32-19)25-24(31)26-23/h18-19,23H,3-17H2,1-2H3,(H2,25,26,31)/t18-,19-,23-/m0/s1. The van der Waals surface area contributed by atoms with Gasteiger partial charge in [-0.25, -0.2) is 9.69 Å². The third-order valence-electron chi connectivity index (χ3n) is 6.30. The second kappa shape index (κ2) is 14.6. The molecule has 0 bridgehead atoms. The van der Waals surface area contributed by atoms with Crippen LogP contribution in [0.15, 0.2) is 0 Å². The molecule has 2 fully saturated rings. The van der Waals surface area contributed by atoms with E-state index in [2.05, 4.69) is 24.5 Å². The lowest BCUT2D eigenvalue weighted by Gasteiger charge is -2.20. The third kappa shape index (κ3) is 8.41. The van der Waals surface area contributed by atoms with Crippen LogP contribution in [0.4, 0.5) is 4.79 Å². The first-order chi connectivity index (χ1) is 15.5. The topological polar surface area (TPSA) is 95.6 Å². The molecule has 0 aromatic rings. The van der Waals surface area contributed by atoms with Gasteiger partial charge in [0.2, 0.25) is 17.7 Å². The van der Waals surface area contributed by atoms with E-state index in [1.165, 1.54) is 0 Å². The van der Waals surface area contributed by atoms with Crippen LogP contribution >= 0.6 is 11.8 Å². The fraction of sp³-hybridized carbons (Fsp3) is 0.833. The summed E-state index contributed by atoms with van der Waals surface area (Å²) in [7, 11) is 0. The summed E-state index contributed by atoms with van der Waals surface area (Å²) < 4.78 is 0. The molecule has 2 heterocycles. The van der Waals surface area contributed by atoms with Crippen LogP contribution in [0.25, 0.3) is 0 Å². The number of urea groups is 1. The third-order valence-corrected chi connectivity index (χ3v) is 7.81. The van der Waals surface area contributed by atoms with E-state index in [0.29, 0.717) is 11.7 Å². The van der Waals surface area contributed by atoms with Crippen molar-refractivity contribution < 1.29 is 19.2 Å². The van der Waals surface area contributed by atoms with Gasteiger partial charge in [0.25, 0.3) is 0 Å². The van der Waals surface area contributed by atoms with Gasteiger partial charge in [-0.15, -0.1) is 0 Å². The number of hydrogen-bond donors (Lipinski definition) is 2. The number of nitrogens with zero attached hydrogens (tertiary/aromatic N) is 1. The van der Waals surface area contributed by atoms with Crippen LogP contribution in [-0.4, -0.2) is 51.7 Å². The summed E-state index contributed by atoms with van der Waals surface area (Å²) >= 11 is 1.86. The molecule has 0 spiro atoms. The normalized spacial score (nSPS) is 21.7. The number of unbranched alkanes of at least 4 members (excludes halogenated alkanes) is 7. The number of carbonyl (C=O) groups excluding carboxylic acids is 4. The summed E-state index contributed by atoms with van der Waals surface area (Å²) in [5.41, 5.74) is 0. The number of imide groups is 3. The van der Waals surface area contributed by atoms with E-state index in [1.807, 2.05) is 11.8 Å². The molecule has 0 aliphatic carbocycles. The Morgan fingerprint density at radius 1 is 0.812 bits per heavy atom. The van der Waals surface area contributed by atoms with Crippen molar-refractivity contribution in [3.05, 3.63) is 0 Å². The number of nitrogens with one attached hydrogen (secondary N) is 2. The molecule has 0 aromatic carbocycles. The van der Waals surface area contributed by atoms with Crippen LogP contribution in [0.5, 0.6) is 0 Å². The van der Waals surface area contributed by atoms with E-state index in [-0.39, 0.29) is 55.1 Å². The van der Waals surface area contributed by atoms with Gasteiger partial charge in [0, 0.05) is 30.3 Å². The Kier molecular flexibility index (Phi) is 12.1. The van der Waals surface area contributed by atoms with Gasteiger partial charge >= 0.3 is 6.03 Å². The van der Waals surface area contributed by atoms with Crippen LogP contribution in [0.3, 0.4) is 0 Å². The van der Waals surface area contributed by atoms with Gasteiger partial charge in [-0.1, -0.05) is 58.8 Å². The Morgan fingerprint density at radius 2 is 1.34 bits per heavy atom. The maximum atomic E-state index is 12.8. The van der Waals surface area contributed by atoms with Crippen LogP contribution in [0.1, 0.15) is 104 Å². The van der Waals surface area contributed by atoms with Gasteiger partial charge < -0.3 is 10.6 Å². The lowest BCUT2D eigenvalue weighted by atomic mass is 10.0. The molecule has 182 valence electrons. The smallest absolute Gasteiger partial charge is 0.315 e. The maximum absolute atomic E-state index is 12.8. The van der Waals surface area contributed by atoms with Crippen LogP contribution in [-0.2, 0) is 14.4 Å². The first-order valence-corrected chi connectivity index (χ1v) is 13.6. The van der Waals surface area contributed by atoms with Crippen molar-refractivity contribution in [3.63, 3.8) is 0 Å². The van der Waals surface area contributed by atoms with Gasteiger partial charge in [-0.2, -0.15) is 11.8 Å². The SMILES string of the molecule is CCCCCCC(=O)N(C(=O)CCCCCC)C(=O)CCCC[C@@H]1SC[C@@H]2NC(=O)N[C@@H]21. The first kappa shape index (κ1) is 26.7. The number of carbonyl (C=O) groups is 4. The van der Waals surface area contributed by atoms with Crippen molar-refractivity contribution in [1.29, 1.82) is 0 Å². The molecule has 2 saturated heterocycles. The summed E-state index contributed by atoms with van der Waals surface area (Å²) in [6.07, 6.45) is 10.8. The lowest BCUT2D eigenvalue weighted by Crippen LogP contribution is -2.41. The summed E-state index contributed by atoms with van der Waals surface area (Å²) in [4.78, 5) is 50.7. The molecule has 2 aliphatic rings. The highest BCUT2D eigenvalue weighted by Crippen LogP contribution is 2.33. The van der Waals surface area contributed by atoms with Gasteiger partial charge in [0.05, 0.1) is 12.1 Å². The zero-order valence-electron chi connectivity index (χ0n) is 19.8. The highest BCUT2D eigenvalue weighted by Gasteiger charge is 2.42. The molecule has 0 radical (unpaired) electrons. The van der Waals surface area contributed by atoms with Crippen LogP contribution in [0, 0.1) is 0 Å². The number of rotatable bonds is 15. The molecule has 8 heteroatoms. The minimum atomic E-state index is -0.348. The van der Waals surface area contributed by atoms with Gasteiger partial charge in [0.15, 0.2) is 0 Å². The van der Waals surface area contributed by atoms with E-state index in [4.69, 9.17) is 0 Å². The summed E-state index contributed by atoms with van der Waals surface area (Å²) in [5.74, 6) is -0.0975. The zero-order chi connectivity index (χ0) is 23.3. The Bertz CT molecular complexity index is 619. The van der Waals surface area contributed by atoms with Gasteiger partial charge in [-0.05, 0) is 25.7 Å². The number of amides is 5. The number of hydrogen-bond acceptors (Lipinski definition) is 5. The molecule has 3 atom stereocenters. The van der Waals surface area contributed by atoms with Crippen LogP contribution < -0.4 is 10.6 Å². The number of thioether (sulfide) groups is 1. The summed E-state index contributed by atoms with van der Waals surface area (Å²) in [5, 5.41) is 6.27.